The van der Waals surface area contributed by atoms with E-state index in [9.17, 15) is 4.79 Å². The summed E-state index contributed by atoms with van der Waals surface area (Å²) in [6.45, 7) is 0.849. The van der Waals surface area contributed by atoms with Crippen molar-refractivity contribution in [1.29, 1.82) is 0 Å². The molecule has 0 aliphatic heterocycles. The minimum Gasteiger partial charge on any atom is -0.319 e. The van der Waals surface area contributed by atoms with E-state index in [0.717, 1.165) is 55.7 Å². The molecule has 0 saturated heterocycles. The number of nitrogens with zero attached hydrogens (tertiary/aromatic N) is 1. The van der Waals surface area contributed by atoms with Gasteiger partial charge in [-0.3, -0.25) is 4.79 Å². The summed E-state index contributed by atoms with van der Waals surface area (Å²) in [7, 11) is 1.90. The standard InChI is InChI=1S/C12H19N3O/c1-13-8-7-11-14-10-6-4-2-3-5-9(10)12(16)15-11/h13H,2-8H2,1H3,(H,14,15,16). The number of aromatic amines is 1. The molecule has 0 bridgehead atoms. The number of aryl methyl sites for hydroxylation is 1. The second-order valence-corrected chi connectivity index (χ2v) is 4.35. The van der Waals surface area contributed by atoms with Gasteiger partial charge in [0.1, 0.15) is 5.82 Å². The molecule has 4 heteroatoms. The Morgan fingerprint density at radius 1 is 1.31 bits per heavy atom. The molecular weight excluding hydrogens is 202 g/mol. The molecule has 0 saturated carbocycles. The Hall–Kier alpha value is -1.16. The van der Waals surface area contributed by atoms with Crippen molar-refractivity contribution < 1.29 is 0 Å². The van der Waals surface area contributed by atoms with E-state index >= 15 is 0 Å². The maximum absolute atomic E-state index is 11.9. The van der Waals surface area contributed by atoms with E-state index in [1.54, 1.807) is 0 Å². The summed E-state index contributed by atoms with van der Waals surface area (Å²) < 4.78 is 0. The van der Waals surface area contributed by atoms with Gasteiger partial charge in [0.15, 0.2) is 0 Å². The molecule has 0 amide bonds. The van der Waals surface area contributed by atoms with Crippen molar-refractivity contribution >= 4 is 0 Å². The average Bonchev–Trinajstić information content (AvgIpc) is 2.51. The maximum atomic E-state index is 11.9. The van der Waals surface area contributed by atoms with Crippen LogP contribution in [0.3, 0.4) is 0 Å². The molecule has 0 radical (unpaired) electrons. The zero-order valence-corrected chi connectivity index (χ0v) is 9.81. The van der Waals surface area contributed by atoms with E-state index in [1.165, 1.54) is 6.42 Å². The van der Waals surface area contributed by atoms with Crippen LogP contribution in [0.5, 0.6) is 0 Å². The highest BCUT2D eigenvalue weighted by Gasteiger charge is 2.13. The number of H-pyrrole nitrogens is 1. The molecule has 0 spiro atoms. The number of fused-ring (bicyclic) bond motifs is 1. The van der Waals surface area contributed by atoms with Crippen molar-refractivity contribution in [3.63, 3.8) is 0 Å². The molecule has 0 unspecified atom stereocenters. The second kappa shape index (κ2) is 5.25. The van der Waals surface area contributed by atoms with Gasteiger partial charge in [-0.1, -0.05) is 6.42 Å². The minimum atomic E-state index is 0.0815. The molecule has 0 atom stereocenters. The minimum absolute atomic E-state index is 0.0815. The van der Waals surface area contributed by atoms with Crippen LogP contribution in [-0.2, 0) is 19.3 Å². The van der Waals surface area contributed by atoms with E-state index in [2.05, 4.69) is 15.3 Å². The Labute approximate surface area is 95.5 Å². The quantitative estimate of drug-likeness (QED) is 0.742. The van der Waals surface area contributed by atoms with Crippen LogP contribution in [0, 0.1) is 0 Å². The van der Waals surface area contributed by atoms with Gasteiger partial charge in [0.05, 0.1) is 5.69 Å². The molecular formula is C12H19N3O. The molecule has 0 fully saturated rings. The Morgan fingerprint density at radius 3 is 2.94 bits per heavy atom. The number of hydrogen-bond donors (Lipinski definition) is 2. The van der Waals surface area contributed by atoms with Crippen LogP contribution in [0.2, 0.25) is 0 Å². The third kappa shape index (κ3) is 2.50. The average molecular weight is 221 g/mol. The van der Waals surface area contributed by atoms with Crippen LogP contribution in [0.1, 0.15) is 36.3 Å². The number of likely N-dealkylation sites (N-methyl/N-ethyl adjacent to an activating group) is 1. The van der Waals surface area contributed by atoms with E-state index in [0.29, 0.717) is 0 Å². The van der Waals surface area contributed by atoms with Crippen molar-refractivity contribution in [1.82, 2.24) is 15.3 Å². The van der Waals surface area contributed by atoms with E-state index in [4.69, 9.17) is 0 Å². The van der Waals surface area contributed by atoms with Crippen LogP contribution in [0.4, 0.5) is 0 Å². The van der Waals surface area contributed by atoms with E-state index in [-0.39, 0.29) is 5.56 Å². The summed E-state index contributed by atoms with van der Waals surface area (Å²) >= 11 is 0. The first-order valence-electron chi connectivity index (χ1n) is 6.07. The second-order valence-electron chi connectivity index (χ2n) is 4.35. The predicted molar refractivity (Wildman–Crippen MR) is 63.7 cm³/mol. The first-order valence-corrected chi connectivity index (χ1v) is 6.07. The van der Waals surface area contributed by atoms with Crippen LogP contribution < -0.4 is 10.9 Å². The monoisotopic (exact) mass is 221 g/mol. The van der Waals surface area contributed by atoms with Gasteiger partial charge >= 0.3 is 0 Å². The molecule has 16 heavy (non-hydrogen) atoms. The number of aromatic nitrogens is 2. The molecule has 1 aliphatic carbocycles. The van der Waals surface area contributed by atoms with Gasteiger partial charge in [-0.05, 0) is 32.7 Å². The first-order chi connectivity index (χ1) is 7.81. The van der Waals surface area contributed by atoms with Crippen molar-refractivity contribution in [2.45, 2.75) is 38.5 Å². The molecule has 1 heterocycles. The van der Waals surface area contributed by atoms with E-state index in [1.807, 2.05) is 7.05 Å². The summed E-state index contributed by atoms with van der Waals surface area (Å²) in [4.78, 5) is 19.4. The van der Waals surface area contributed by atoms with Crippen LogP contribution in [-0.4, -0.2) is 23.6 Å². The van der Waals surface area contributed by atoms with Gasteiger partial charge in [-0.2, -0.15) is 0 Å². The lowest BCUT2D eigenvalue weighted by atomic mass is 10.1. The van der Waals surface area contributed by atoms with Crippen molar-refractivity contribution in [3.05, 3.63) is 27.4 Å². The zero-order valence-electron chi connectivity index (χ0n) is 9.81. The summed E-state index contributed by atoms with van der Waals surface area (Å²) in [5.74, 6) is 0.819. The van der Waals surface area contributed by atoms with Crippen LogP contribution in [0.15, 0.2) is 4.79 Å². The lowest BCUT2D eigenvalue weighted by Crippen LogP contribution is -2.22. The van der Waals surface area contributed by atoms with Gasteiger partial charge < -0.3 is 10.3 Å². The highest BCUT2D eigenvalue weighted by atomic mass is 16.1. The molecule has 4 nitrogen and oxygen atoms in total. The molecule has 0 aromatic carbocycles. The molecule has 2 rings (SSSR count). The first kappa shape index (κ1) is 11.3. The van der Waals surface area contributed by atoms with Gasteiger partial charge in [-0.25, -0.2) is 4.98 Å². The van der Waals surface area contributed by atoms with Gasteiger partial charge in [0.25, 0.3) is 5.56 Å². The van der Waals surface area contributed by atoms with E-state index < -0.39 is 0 Å². The summed E-state index contributed by atoms with van der Waals surface area (Å²) in [5, 5.41) is 3.07. The Kier molecular flexibility index (Phi) is 3.72. The zero-order chi connectivity index (χ0) is 11.4. The largest absolute Gasteiger partial charge is 0.319 e. The Balaban J connectivity index is 2.28. The number of rotatable bonds is 3. The van der Waals surface area contributed by atoms with Crippen LogP contribution in [0.25, 0.3) is 0 Å². The SMILES string of the molecule is CNCCc1nc2c(c(=O)[nH]1)CCCCC2. The number of hydrogen-bond acceptors (Lipinski definition) is 3. The fraction of sp³-hybridized carbons (Fsp3) is 0.667. The maximum Gasteiger partial charge on any atom is 0.254 e. The third-order valence-electron chi connectivity index (χ3n) is 3.10. The summed E-state index contributed by atoms with van der Waals surface area (Å²) in [6, 6.07) is 0. The smallest absolute Gasteiger partial charge is 0.254 e. The third-order valence-corrected chi connectivity index (χ3v) is 3.10. The fourth-order valence-corrected chi connectivity index (χ4v) is 2.19. The van der Waals surface area contributed by atoms with Crippen molar-refractivity contribution in [2.24, 2.45) is 0 Å². The Morgan fingerprint density at radius 2 is 2.12 bits per heavy atom. The highest BCUT2D eigenvalue weighted by Crippen LogP contribution is 2.15. The Bertz CT molecular complexity index is 411. The van der Waals surface area contributed by atoms with Crippen molar-refractivity contribution in [3.8, 4) is 0 Å². The fourth-order valence-electron chi connectivity index (χ4n) is 2.19. The number of nitrogens with one attached hydrogen (secondary N) is 2. The predicted octanol–water partition coefficient (Wildman–Crippen LogP) is 0.801. The van der Waals surface area contributed by atoms with Gasteiger partial charge in [-0.15, -0.1) is 0 Å². The molecule has 2 N–H and O–H groups in total. The summed E-state index contributed by atoms with van der Waals surface area (Å²) in [6.07, 6.45) is 6.14. The lowest BCUT2D eigenvalue weighted by Gasteiger charge is -2.06. The topological polar surface area (TPSA) is 57.8 Å². The highest BCUT2D eigenvalue weighted by molar-refractivity contribution is 5.19. The van der Waals surface area contributed by atoms with Crippen LogP contribution >= 0.6 is 0 Å². The normalized spacial score (nSPS) is 15.6. The lowest BCUT2D eigenvalue weighted by molar-refractivity contribution is 0.706. The van der Waals surface area contributed by atoms with Gasteiger partial charge in [0, 0.05) is 18.5 Å². The summed E-state index contributed by atoms with van der Waals surface area (Å²) in [5.41, 5.74) is 2.04. The van der Waals surface area contributed by atoms with Gasteiger partial charge in [0.2, 0.25) is 0 Å². The molecule has 88 valence electrons. The van der Waals surface area contributed by atoms with Crippen molar-refractivity contribution in [2.75, 3.05) is 13.6 Å². The molecule has 1 aromatic heterocycles. The molecule has 1 aromatic rings. The molecule has 1 aliphatic rings.